The highest BCUT2D eigenvalue weighted by molar-refractivity contribution is 7.92. The predicted octanol–water partition coefficient (Wildman–Crippen LogP) is 2.66. The van der Waals surface area contributed by atoms with Crippen molar-refractivity contribution in [3.63, 3.8) is 0 Å². The van der Waals surface area contributed by atoms with E-state index in [1.807, 2.05) is 12.1 Å². The largest absolute Gasteiger partial charge is 0.493 e. The van der Waals surface area contributed by atoms with Crippen molar-refractivity contribution in [1.29, 1.82) is 0 Å². The molecule has 0 saturated carbocycles. The number of methoxy groups -OCH3 is 2. The summed E-state index contributed by atoms with van der Waals surface area (Å²) < 4.78 is 44.7. The summed E-state index contributed by atoms with van der Waals surface area (Å²) in [5.41, 5.74) is 2.10. The first-order chi connectivity index (χ1) is 14.0. The third-order valence-corrected chi connectivity index (χ3v) is 6.29. The molecule has 2 aromatic carbocycles. The van der Waals surface area contributed by atoms with Crippen molar-refractivity contribution >= 4 is 32.4 Å². The molecule has 2 N–H and O–H groups in total. The lowest BCUT2D eigenvalue weighted by molar-refractivity contribution is 0.354. The van der Waals surface area contributed by atoms with Crippen molar-refractivity contribution in [2.75, 3.05) is 50.0 Å². The molecule has 8 nitrogen and oxygen atoms in total. The monoisotopic (exact) mass is 417 g/mol. The quantitative estimate of drug-likeness (QED) is 0.637. The molecular weight excluding hydrogens is 394 g/mol. The molecule has 1 aliphatic rings. The van der Waals surface area contributed by atoms with Gasteiger partial charge in [-0.25, -0.2) is 8.42 Å². The van der Waals surface area contributed by atoms with Crippen molar-refractivity contribution in [2.24, 2.45) is 0 Å². The van der Waals surface area contributed by atoms with Crippen LogP contribution in [0.3, 0.4) is 0 Å². The third kappa shape index (κ3) is 3.83. The van der Waals surface area contributed by atoms with E-state index >= 15 is 0 Å². The number of hydrogen-bond acceptors (Lipinski definition) is 7. The van der Waals surface area contributed by atoms with Crippen LogP contribution in [-0.4, -0.2) is 48.8 Å². The van der Waals surface area contributed by atoms with Crippen LogP contribution in [0, 0.1) is 0 Å². The van der Waals surface area contributed by atoms with Crippen molar-refractivity contribution in [2.45, 2.75) is 4.90 Å². The van der Waals surface area contributed by atoms with Crippen LogP contribution in [0.25, 0.3) is 11.0 Å². The van der Waals surface area contributed by atoms with Gasteiger partial charge in [0.05, 0.1) is 36.8 Å². The summed E-state index contributed by atoms with van der Waals surface area (Å²) in [6, 6.07) is 9.90. The Morgan fingerprint density at radius 2 is 1.79 bits per heavy atom. The fourth-order valence-corrected chi connectivity index (χ4v) is 4.52. The fourth-order valence-electron chi connectivity index (χ4n) is 3.46. The number of nitrogens with zero attached hydrogens (tertiary/aromatic N) is 1. The lowest BCUT2D eigenvalue weighted by Crippen LogP contribution is -2.43. The van der Waals surface area contributed by atoms with Gasteiger partial charge in [0.15, 0.2) is 17.1 Å². The first-order valence-corrected chi connectivity index (χ1v) is 10.7. The number of hydrogen-bond donors (Lipinski definition) is 2. The Bertz CT molecular complexity index is 1120. The summed E-state index contributed by atoms with van der Waals surface area (Å²) in [5, 5.41) is 4.15. The van der Waals surface area contributed by atoms with E-state index in [2.05, 4.69) is 14.9 Å². The molecule has 1 fully saturated rings. The maximum atomic E-state index is 13.0. The molecule has 154 valence electrons. The average Bonchev–Trinajstić information content (AvgIpc) is 3.21. The standard InChI is InChI=1S/C20H23N3O5S/c1-26-18-4-3-16(13-19(18)27-2)29(24,25)22-15-11-14-5-10-28-20(14)17(12-15)23-8-6-21-7-9-23/h3-5,10-13,21-22H,6-9H2,1-2H3. The van der Waals surface area contributed by atoms with Crippen LogP contribution in [0.1, 0.15) is 0 Å². The van der Waals surface area contributed by atoms with E-state index in [9.17, 15) is 8.42 Å². The highest BCUT2D eigenvalue weighted by Crippen LogP contribution is 2.34. The van der Waals surface area contributed by atoms with E-state index in [4.69, 9.17) is 13.9 Å². The van der Waals surface area contributed by atoms with Crippen molar-refractivity contribution in [3.05, 3.63) is 42.7 Å². The van der Waals surface area contributed by atoms with Gasteiger partial charge in [0, 0.05) is 37.6 Å². The van der Waals surface area contributed by atoms with E-state index in [0.29, 0.717) is 17.2 Å². The Kier molecular flexibility index (Phi) is 5.25. The molecule has 0 atom stereocenters. The van der Waals surface area contributed by atoms with Crippen molar-refractivity contribution in [1.82, 2.24) is 5.32 Å². The van der Waals surface area contributed by atoms with Crippen LogP contribution in [-0.2, 0) is 10.0 Å². The Morgan fingerprint density at radius 1 is 1.03 bits per heavy atom. The number of anilines is 2. The maximum Gasteiger partial charge on any atom is 0.262 e. The normalized spacial score (nSPS) is 14.8. The predicted molar refractivity (Wildman–Crippen MR) is 112 cm³/mol. The maximum absolute atomic E-state index is 13.0. The van der Waals surface area contributed by atoms with Gasteiger partial charge in [-0.15, -0.1) is 0 Å². The smallest absolute Gasteiger partial charge is 0.262 e. The number of piperazine rings is 1. The number of nitrogens with one attached hydrogen (secondary N) is 2. The van der Waals surface area contributed by atoms with Gasteiger partial charge >= 0.3 is 0 Å². The lowest BCUT2D eigenvalue weighted by Gasteiger charge is -2.29. The summed E-state index contributed by atoms with van der Waals surface area (Å²) >= 11 is 0. The highest BCUT2D eigenvalue weighted by atomic mass is 32.2. The van der Waals surface area contributed by atoms with Gasteiger partial charge in [-0.1, -0.05) is 0 Å². The Balaban J connectivity index is 1.70. The molecule has 4 rings (SSSR count). The van der Waals surface area contributed by atoms with E-state index in [0.717, 1.165) is 42.8 Å². The molecule has 2 heterocycles. The van der Waals surface area contributed by atoms with Gasteiger partial charge in [-0.2, -0.15) is 0 Å². The van der Waals surface area contributed by atoms with Gasteiger partial charge in [-0.3, -0.25) is 4.72 Å². The fraction of sp³-hybridized carbons (Fsp3) is 0.300. The molecule has 29 heavy (non-hydrogen) atoms. The minimum atomic E-state index is -3.82. The summed E-state index contributed by atoms with van der Waals surface area (Å²) in [6.07, 6.45) is 1.61. The molecular formula is C20H23N3O5S. The van der Waals surface area contributed by atoms with Gasteiger partial charge in [-0.05, 0) is 30.3 Å². The first kappa shape index (κ1) is 19.4. The second-order valence-corrected chi connectivity index (χ2v) is 8.38. The van der Waals surface area contributed by atoms with Gasteiger partial charge in [0.25, 0.3) is 10.0 Å². The number of benzene rings is 2. The zero-order chi connectivity index (χ0) is 20.4. The summed E-state index contributed by atoms with van der Waals surface area (Å²) in [4.78, 5) is 2.28. The first-order valence-electron chi connectivity index (χ1n) is 9.23. The van der Waals surface area contributed by atoms with Crippen molar-refractivity contribution < 1.29 is 22.3 Å². The molecule has 0 amide bonds. The van der Waals surface area contributed by atoms with E-state index in [1.165, 1.54) is 26.4 Å². The van der Waals surface area contributed by atoms with Gasteiger partial charge in [0.1, 0.15) is 0 Å². The number of rotatable bonds is 6. The van der Waals surface area contributed by atoms with E-state index in [1.54, 1.807) is 18.4 Å². The molecule has 0 bridgehead atoms. The average molecular weight is 417 g/mol. The summed E-state index contributed by atoms with van der Waals surface area (Å²) in [5.74, 6) is 0.814. The number of sulfonamides is 1. The van der Waals surface area contributed by atoms with Crippen LogP contribution >= 0.6 is 0 Å². The molecule has 0 spiro atoms. The second-order valence-electron chi connectivity index (χ2n) is 6.69. The highest BCUT2D eigenvalue weighted by Gasteiger charge is 2.21. The van der Waals surface area contributed by atoms with Crippen LogP contribution in [0.5, 0.6) is 11.5 Å². The molecule has 1 saturated heterocycles. The minimum Gasteiger partial charge on any atom is -0.493 e. The Hall–Kier alpha value is -2.91. The van der Waals surface area contributed by atoms with Crippen LogP contribution in [0.15, 0.2) is 52.0 Å². The van der Waals surface area contributed by atoms with Gasteiger partial charge in [0.2, 0.25) is 0 Å². The molecule has 9 heteroatoms. The molecule has 0 aliphatic carbocycles. The topological polar surface area (TPSA) is 93.0 Å². The zero-order valence-electron chi connectivity index (χ0n) is 16.3. The van der Waals surface area contributed by atoms with Crippen LogP contribution in [0.4, 0.5) is 11.4 Å². The molecule has 3 aromatic rings. The number of fused-ring (bicyclic) bond motifs is 1. The summed E-state index contributed by atoms with van der Waals surface area (Å²) in [6.45, 7) is 3.37. The Labute approximate surface area is 169 Å². The molecule has 1 aliphatic heterocycles. The van der Waals surface area contributed by atoms with Gasteiger partial charge < -0.3 is 24.1 Å². The Morgan fingerprint density at radius 3 is 2.52 bits per heavy atom. The minimum absolute atomic E-state index is 0.0890. The lowest BCUT2D eigenvalue weighted by atomic mass is 10.2. The van der Waals surface area contributed by atoms with E-state index in [-0.39, 0.29) is 4.90 Å². The second kappa shape index (κ2) is 7.84. The summed E-state index contributed by atoms with van der Waals surface area (Å²) in [7, 11) is -0.849. The van der Waals surface area contributed by atoms with E-state index < -0.39 is 10.0 Å². The molecule has 1 aromatic heterocycles. The molecule has 0 unspecified atom stereocenters. The third-order valence-electron chi connectivity index (χ3n) is 4.91. The number of ether oxygens (including phenoxy) is 2. The zero-order valence-corrected chi connectivity index (χ0v) is 17.1. The molecule has 0 radical (unpaired) electrons. The van der Waals surface area contributed by atoms with Crippen molar-refractivity contribution in [3.8, 4) is 11.5 Å². The van der Waals surface area contributed by atoms with Crippen LogP contribution < -0.4 is 24.4 Å². The van der Waals surface area contributed by atoms with Crippen LogP contribution in [0.2, 0.25) is 0 Å². The number of furan rings is 1. The SMILES string of the molecule is COc1ccc(S(=O)(=O)Nc2cc(N3CCNCC3)c3occc3c2)cc1OC.